The molecular weight excluding hydrogens is 408 g/mol. The molecule has 2 aromatic heterocycles. The van der Waals surface area contributed by atoms with E-state index in [1.807, 2.05) is 31.2 Å². The van der Waals surface area contributed by atoms with Gasteiger partial charge in [-0.25, -0.2) is 0 Å². The van der Waals surface area contributed by atoms with Crippen LogP contribution in [0, 0.1) is 29.6 Å². The van der Waals surface area contributed by atoms with Gasteiger partial charge in [0.05, 0.1) is 5.56 Å². The smallest absolute Gasteiger partial charge is 0.248 e. The first-order valence-electron chi connectivity index (χ1n) is 10.4. The molecule has 1 aliphatic rings. The number of nitrogens with one attached hydrogen (secondary N) is 1. The van der Waals surface area contributed by atoms with Crippen molar-refractivity contribution < 1.29 is 4.79 Å². The molecule has 0 saturated heterocycles. The number of hydrogen-bond acceptors (Lipinski definition) is 6. The fraction of sp³-hybridized carbons (Fsp3) is 0.435. The number of aromatic nitrogens is 4. The highest BCUT2D eigenvalue weighted by Crippen LogP contribution is 2.43. The van der Waals surface area contributed by atoms with Crippen LogP contribution in [0.2, 0.25) is 0 Å². The summed E-state index contributed by atoms with van der Waals surface area (Å²) in [7, 11) is 0. The Labute approximate surface area is 186 Å². The minimum atomic E-state index is -0.267. The van der Waals surface area contributed by atoms with Crippen LogP contribution in [0.15, 0.2) is 24.3 Å². The molecule has 160 valence electrons. The average molecular weight is 435 g/mol. The SMILES string of the molecule is Cc1ccccc1-c1nnn(CC(=O)Nc2sc3c(c2C#N)CC[C@@H](C(C)(C)C)C3)n1. The van der Waals surface area contributed by atoms with Gasteiger partial charge in [0.25, 0.3) is 0 Å². The molecule has 7 nitrogen and oxygen atoms in total. The van der Waals surface area contributed by atoms with E-state index >= 15 is 0 Å². The van der Waals surface area contributed by atoms with Crippen LogP contribution >= 0.6 is 11.3 Å². The molecule has 0 radical (unpaired) electrons. The number of fused-ring (bicyclic) bond motifs is 1. The number of hydrogen-bond donors (Lipinski definition) is 1. The molecular formula is C23H26N6OS. The van der Waals surface area contributed by atoms with Crippen LogP contribution in [-0.4, -0.2) is 26.1 Å². The van der Waals surface area contributed by atoms with E-state index in [0.29, 0.717) is 22.3 Å². The highest BCUT2D eigenvalue weighted by molar-refractivity contribution is 7.16. The summed E-state index contributed by atoms with van der Waals surface area (Å²) < 4.78 is 0. The second kappa shape index (κ2) is 8.23. The minimum Gasteiger partial charge on any atom is -0.315 e. The van der Waals surface area contributed by atoms with E-state index in [1.165, 1.54) is 21.0 Å². The van der Waals surface area contributed by atoms with Crippen LogP contribution in [-0.2, 0) is 24.2 Å². The number of rotatable bonds is 4. The van der Waals surface area contributed by atoms with Gasteiger partial charge in [0, 0.05) is 10.4 Å². The number of carbonyl (C=O) groups excluding carboxylic acids is 1. The molecule has 0 saturated carbocycles. The number of thiophene rings is 1. The van der Waals surface area contributed by atoms with Gasteiger partial charge >= 0.3 is 0 Å². The fourth-order valence-electron chi connectivity index (χ4n) is 4.07. The molecule has 1 amide bonds. The van der Waals surface area contributed by atoms with Crippen LogP contribution in [0.1, 0.15) is 48.8 Å². The third-order valence-electron chi connectivity index (χ3n) is 5.98. The van der Waals surface area contributed by atoms with E-state index in [-0.39, 0.29) is 17.9 Å². The van der Waals surface area contributed by atoms with Crippen LogP contribution < -0.4 is 5.32 Å². The summed E-state index contributed by atoms with van der Waals surface area (Å²) in [5.41, 5.74) is 3.87. The lowest BCUT2D eigenvalue weighted by Gasteiger charge is -2.33. The van der Waals surface area contributed by atoms with Gasteiger partial charge in [0.1, 0.15) is 17.6 Å². The zero-order valence-corrected chi connectivity index (χ0v) is 19.1. The Hall–Kier alpha value is -3.05. The van der Waals surface area contributed by atoms with E-state index in [1.54, 1.807) is 0 Å². The predicted octanol–water partition coefficient (Wildman–Crippen LogP) is 4.37. The van der Waals surface area contributed by atoms with Crippen LogP contribution in [0.4, 0.5) is 5.00 Å². The molecule has 1 aliphatic carbocycles. The molecule has 8 heteroatoms. The number of amides is 1. The highest BCUT2D eigenvalue weighted by atomic mass is 32.1. The first-order valence-corrected chi connectivity index (χ1v) is 11.3. The number of anilines is 1. The van der Waals surface area contributed by atoms with Crippen molar-refractivity contribution >= 4 is 22.2 Å². The van der Waals surface area contributed by atoms with Gasteiger partial charge in [0.2, 0.25) is 11.7 Å². The minimum absolute atomic E-state index is 0.0586. The summed E-state index contributed by atoms with van der Waals surface area (Å²) in [6, 6.07) is 10.1. The van der Waals surface area contributed by atoms with Crippen molar-refractivity contribution in [3.8, 4) is 17.5 Å². The van der Waals surface area contributed by atoms with Crippen molar-refractivity contribution in [3.05, 3.63) is 45.8 Å². The zero-order chi connectivity index (χ0) is 22.2. The Morgan fingerprint density at radius 3 is 2.84 bits per heavy atom. The lowest BCUT2D eigenvalue weighted by atomic mass is 9.72. The molecule has 4 rings (SSSR count). The number of carbonyl (C=O) groups is 1. The van der Waals surface area contributed by atoms with E-state index in [2.05, 4.69) is 47.6 Å². The van der Waals surface area contributed by atoms with Crippen molar-refractivity contribution in [2.24, 2.45) is 11.3 Å². The first-order chi connectivity index (χ1) is 14.8. The molecule has 0 aliphatic heterocycles. The summed E-state index contributed by atoms with van der Waals surface area (Å²) in [5, 5.41) is 25.7. The normalized spacial score (nSPS) is 15.9. The number of tetrazole rings is 1. The van der Waals surface area contributed by atoms with E-state index in [9.17, 15) is 10.1 Å². The maximum absolute atomic E-state index is 12.7. The maximum atomic E-state index is 12.7. The van der Waals surface area contributed by atoms with Crippen molar-refractivity contribution in [2.45, 2.75) is 53.5 Å². The number of benzene rings is 1. The van der Waals surface area contributed by atoms with Gasteiger partial charge in [0.15, 0.2) is 0 Å². The van der Waals surface area contributed by atoms with Gasteiger partial charge in [-0.2, -0.15) is 10.1 Å². The Bertz CT molecular complexity index is 1160. The second-order valence-corrected chi connectivity index (χ2v) is 10.2. The molecule has 0 bridgehead atoms. The average Bonchev–Trinajstić information content (AvgIpc) is 3.30. The summed E-state index contributed by atoms with van der Waals surface area (Å²) in [5.74, 6) is 0.799. The van der Waals surface area contributed by atoms with Gasteiger partial charge < -0.3 is 5.32 Å². The predicted molar refractivity (Wildman–Crippen MR) is 121 cm³/mol. The standard InChI is InChI=1S/C23H26N6OS/c1-14-7-5-6-8-16(14)21-26-28-29(27-21)13-20(30)25-22-18(12-24)17-10-9-15(23(2,3)4)11-19(17)31-22/h5-8,15H,9-11,13H2,1-4H3,(H,25,30)/t15-/m1/s1. The zero-order valence-electron chi connectivity index (χ0n) is 18.3. The van der Waals surface area contributed by atoms with Crippen molar-refractivity contribution in [1.82, 2.24) is 20.2 Å². The lowest BCUT2D eigenvalue weighted by Crippen LogP contribution is -2.26. The Morgan fingerprint density at radius 1 is 1.35 bits per heavy atom. The van der Waals surface area contributed by atoms with Gasteiger partial charge in [-0.1, -0.05) is 45.0 Å². The summed E-state index contributed by atoms with van der Waals surface area (Å²) in [6.45, 7) is 8.72. The van der Waals surface area contributed by atoms with Crippen LogP contribution in [0.5, 0.6) is 0 Å². The van der Waals surface area contributed by atoms with Gasteiger partial charge in [-0.05, 0) is 53.9 Å². The quantitative estimate of drug-likeness (QED) is 0.658. The second-order valence-electron chi connectivity index (χ2n) is 9.13. The van der Waals surface area contributed by atoms with E-state index < -0.39 is 0 Å². The lowest BCUT2D eigenvalue weighted by molar-refractivity contribution is -0.117. The molecule has 0 unspecified atom stereocenters. The number of aryl methyl sites for hydroxylation is 1. The van der Waals surface area contributed by atoms with Crippen LogP contribution in [0.25, 0.3) is 11.4 Å². The topological polar surface area (TPSA) is 96.5 Å². The molecule has 1 aromatic carbocycles. The van der Waals surface area contributed by atoms with Crippen molar-refractivity contribution in [3.63, 3.8) is 0 Å². The summed E-state index contributed by atoms with van der Waals surface area (Å²) >= 11 is 1.53. The van der Waals surface area contributed by atoms with E-state index in [4.69, 9.17) is 0 Å². The maximum Gasteiger partial charge on any atom is 0.248 e. The van der Waals surface area contributed by atoms with Crippen molar-refractivity contribution in [2.75, 3.05) is 5.32 Å². The molecule has 0 fully saturated rings. The highest BCUT2D eigenvalue weighted by Gasteiger charge is 2.32. The monoisotopic (exact) mass is 434 g/mol. The molecule has 0 spiro atoms. The Balaban J connectivity index is 1.48. The summed E-state index contributed by atoms with van der Waals surface area (Å²) in [6.07, 6.45) is 2.91. The fourth-order valence-corrected chi connectivity index (χ4v) is 5.36. The third kappa shape index (κ3) is 4.37. The van der Waals surface area contributed by atoms with E-state index in [0.717, 1.165) is 36.0 Å². The Kier molecular flexibility index (Phi) is 5.63. The summed E-state index contributed by atoms with van der Waals surface area (Å²) in [4.78, 5) is 15.2. The molecule has 1 atom stereocenters. The molecule has 3 aromatic rings. The molecule has 2 heterocycles. The van der Waals surface area contributed by atoms with Crippen molar-refractivity contribution in [1.29, 1.82) is 5.26 Å². The van der Waals surface area contributed by atoms with Gasteiger partial charge in [-0.3, -0.25) is 4.79 Å². The first kappa shape index (κ1) is 21.2. The number of nitrogens with zero attached hydrogens (tertiary/aromatic N) is 5. The molecule has 31 heavy (non-hydrogen) atoms. The Morgan fingerprint density at radius 2 is 2.13 bits per heavy atom. The number of nitriles is 1. The third-order valence-corrected chi connectivity index (χ3v) is 7.15. The van der Waals surface area contributed by atoms with Crippen LogP contribution in [0.3, 0.4) is 0 Å². The largest absolute Gasteiger partial charge is 0.315 e. The van der Waals surface area contributed by atoms with Gasteiger partial charge in [-0.15, -0.1) is 21.5 Å². The molecule has 1 N–H and O–H groups in total.